The molecule has 4 aromatic carbocycles. The van der Waals surface area contributed by atoms with Crippen LogP contribution in [0.25, 0.3) is 43.2 Å². The number of fused-ring (bicyclic) bond motifs is 1. The molecule has 14 nitrogen and oxygen atoms in total. The van der Waals surface area contributed by atoms with E-state index in [0.29, 0.717) is 61.7 Å². The fraction of sp³-hybridized carbons (Fsp3) is 0.321. The molecule has 1 aliphatic heterocycles. The summed E-state index contributed by atoms with van der Waals surface area (Å²) in [6, 6.07) is 26.4. The number of carbonyl (C=O) groups is 2. The molecule has 1 fully saturated rings. The molecular weight excluding hydrogens is 935 g/mol. The summed E-state index contributed by atoms with van der Waals surface area (Å²) in [5.41, 5.74) is 3.93. The number of para-hydroxylation sites is 2. The minimum Gasteiger partial charge on any atom is -0.496 e. The number of hydrogen-bond donors (Lipinski definition) is 0. The van der Waals surface area contributed by atoms with Gasteiger partial charge in [-0.25, -0.2) is 29.1 Å². The fourth-order valence-corrected chi connectivity index (χ4v) is 9.19. The lowest BCUT2D eigenvalue weighted by Crippen LogP contribution is -2.45. The lowest BCUT2D eigenvalue weighted by Gasteiger charge is -2.32. The monoisotopic (exact) mass is 988 g/mol. The molecule has 1 saturated heterocycles. The van der Waals surface area contributed by atoms with E-state index in [-0.39, 0.29) is 24.7 Å². The highest BCUT2D eigenvalue weighted by molar-refractivity contribution is 7.22. The van der Waals surface area contributed by atoms with E-state index in [9.17, 15) is 14.0 Å². The first-order valence-corrected chi connectivity index (χ1v) is 24.0. The summed E-state index contributed by atoms with van der Waals surface area (Å²) in [6.45, 7) is 11.6. The number of rotatable bonds is 18. The van der Waals surface area contributed by atoms with Crippen LogP contribution in [0.5, 0.6) is 23.1 Å². The maximum Gasteiger partial charge on any atom is 0.350 e. The number of hydrogen-bond acceptors (Lipinski definition) is 15. The molecule has 0 aliphatic carbocycles. The Balaban J connectivity index is 1.13. The van der Waals surface area contributed by atoms with E-state index in [1.807, 2.05) is 61.5 Å². The molecule has 8 rings (SSSR count). The van der Waals surface area contributed by atoms with Crippen LogP contribution in [0.4, 0.5) is 4.39 Å². The Morgan fingerprint density at radius 1 is 0.843 bits per heavy atom. The van der Waals surface area contributed by atoms with Crippen molar-refractivity contribution in [2.75, 3.05) is 60.3 Å². The molecule has 1 atom stereocenters. The van der Waals surface area contributed by atoms with Crippen LogP contribution in [-0.2, 0) is 32.1 Å². The molecule has 3 aromatic heterocycles. The van der Waals surface area contributed by atoms with E-state index >= 15 is 0 Å². The minimum absolute atomic E-state index is 0.0563. The second-order valence-electron chi connectivity index (χ2n) is 17.8. The maximum atomic E-state index is 14.4. The molecule has 0 N–H and O–H groups in total. The van der Waals surface area contributed by atoms with Gasteiger partial charge >= 0.3 is 11.9 Å². The number of methoxy groups -OCH3 is 1. The van der Waals surface area contributed by atoms with Crippen molar-refractivity contribution < 1.29 is 42.4 Å². The van der Waals surface area contributed by atoms with Gasteiger partial charge in [0, 0.05) is 55.8 Å². The Labute approximate surface area is 415 Å². The van der Waals surface area contributed by atoms with Gasteiger partial charge in [-0.1, -0.05) is 60.1 Å². The topological polar surface area (TPSA) is 148 Å². The molecule has 0 amide bonds. The molecule has 4 heterocycles. The largest absolute Gasteiger partial charge is 0.496 e. The predicted molar refractivity (Wildman–Crippen MR) is 267 cm³/mol. The summed E-state index contributed by atoms with van der Waals surface area (Å²) in [7, 11) is 3.72. The molecule has 0 bridgehead atoms. The van der Waals surface area contributed by atoms with Crippen molar-refractivity contribution in [2.45, 2.75) is 46.8 Å². The van der Waals surface area contributed by atoms with E-state index in [2.05, 4.69) is 31.8 Å². The number of ether oxygens (including phenoxy) is 6. The van der Waals surface area contributed by atoms with E-state index in [1.54, 1.807) is 58.3 Å². The summed E-state index contributed by atoms with van der Waals surface area (Å²) >= 11 is 8.49. The lowest BCUT2D eigenvalue weighted by molar-refractivity contribution is -0.177. The van der Waals surface area contributed by atoms with Gasteiger partial charge in [0.25, 0.3) is 0 Å². The third-order valence-corrected chi connectivity index (χ3v) is 13.4. The van der Waals surface area contributed by atoms with E-state index in [4.69, 9.17) is 45.0 Å². The van der Waals surface area contributed by atoms with Crippen molar-refractivity contribution >= 4 is 45.1 Å². The van der Waals surface area contributed by atoms with Crippen molar-refractivity contribution in [1.29, 1.82) is 0 Å². The van der Waals surface area contributed by atoms with Crippen LogP contribution in [-0.4, -0.2) is 108 Å². The summed E-state index contributed by atoms with van der Waals surface area (Å²) in [5, 5.41) is 0.922. The Morgan fingerprint density at radius 3 is 2.34 bits per heavy atom. The second-order valence-corrected chi connectivity index (χ2v) is 19.1. The average molecular weight is 990 g/mol. The van der Waals surface area contributed by atoms with Crippen molar-refractivity contribution in [3.8, 4) is 56.1 Å². The Bertz CT molecular complexity index is 2960. The number of piperazine rings is 1. The number of esters is 2. The zero-order chi connectivity index (χ0) is 49.4. The fourth-order valence-electron chi connectivity index (χ4n) is 7.82. The quantitative estimate of drug-likeness (QED) is 0.0593. The van der Waals surface area contributed by atoms with Crippen LogP contribution >= 0.6 is 22.9 Å². The zero-order valence-corrected chi connectivity index (χ0v) is 41.4. The van der Waals surface area contributed by atoms with Gasteiger partial charge in [0.05, 0.1) is 34.2 Å². The second kappa shape index (κ2) is 22.4. The van der Waals surface area contributed by atoms with Gasteiger partial charge in [0.1, 0.15) is 47.4 Å². The van der Waals surface area contributed by atoms with E-state index in [1.165, 1.54) is 29.8 Å². The summed E-state index contributed by atoms with van der Waals surface area (Å²) < 4.78 is 50.2. The first kappa shape index (κ1) is 49.7. The first-order chi connectivity index (χ1) is 33.8. The summed E-state index contributed by atoms with van der Waals surface area (Å²) in [6.07, 6.45) is 1.60. The van der Waals surface area contributed by atoms with Crippen LogP contribution in [0.1, 0.15) is 37.6 Å². The van der Waals surface area contributed by atoms with Gasteiger partial charge in [-0.3, -0.25) is 9.69 Å². The van der Waals surface area contributed by atoms with Gasteiger partial charge < -0.3 is 33.3 Å². The van der Waals surface area contributed by atoms with Crippen molar-refractivity contribution in [2.24, 2.45) is 5.41 Å². The number of nitrogens with zero attached hydrogens (tertiary/aromatic N) is 6. The smallest absolute Gasteiger partial charge is 0.350 e. The average Bonchev–Trinajstić information content (AvgIpc) is 3.75. The number of aromatic nitrogens is 4. The van der Waals surface area contributed by atoms with Crippen molar-refractivity contribution in [3.05, 3.63) is 131 Å². The Hall–Kier alpha value is -6.72. The lowest BCUT2D eigenvalue weighted by atomic mass is 9.96. The van der Waals surface area contributed by atoms with Gasteiger partial charge in [-0.05, 0) is 99.5 Å². The van der Waals surface area contributed by atoms with Crippen LogP contribution in [0, 0.1) is 18.2 Å². The molecule has 0 radical (unpaired) electrons. The summed E-state index contributed by atoms with van der Waals surface area (Å²) in [5.74, 6) is 0.413. The summed E-state index contributed by atoms with van der Waals surface area (Å²) in [4.78, 5) is 51.4. The normalized spacial score (nSPS) is 13.7. The highest BCUT2D eigenvalue weighted by atomic mass is 35.5. The van der Waals surface area contributed by atoms with Gasteiger partial charge in [0.15, 0.2) is 5.82 Å². The molecular formula is C53H54ClFN6O8S. The molecule has 364 valence electrons. The third-order valence-electron chi connectivity index (χ3n) is 11.8. The minimum atomic E-state index is -1.35. The molecule has 17 heteroatoms. The van der Waals surface area contributed by atoms with E-state index < -0.39 is 30.3 Å². The van der Waals surface area contributed by atoms with Gasteiger partial charge in [0.2, 0.25) is 18.8 Å². The number of carbonyl (C=O) groups excluding carboxylic acids is 2. The molecule has 1 aliphatic rings. The van der Waals surface area contributed by atoms with Crippen LogP contribution in [0.15, 0.2) is 104 Å². The first-order valence-electron chi connectivity index (χ1n) is 22.8. The SMILES string of the molecule is COc1ccccc1-c1nccc(COc2ccccc2C[C@@H](Oc2ncnc3sc(-c4ccc(F)cc4)c(-c4ccc(OCCN5CCN(C)CC5)c(Cl)c4C)c23)C(=O)OCOC(=O)C(C)(C)C)n1. The molecule has 7 aromatic rings. The molecule has 0 saturated carbocycles. The number of benzene rings is 4. The molecule has 0 spiro atoms. The van der Waals surface area contributed by atoms with Crippen molar-refractivity contribution in [3.63, 3.8) is 0 Å². The predicted octanol–water partition coefficient (Wildman–Crippen LogP) is 9.88. The van der Waals surface area contributed by atoms with Crippen LogP contribution < -0.4 is 18.9 Å². The van der Waals surface area contributed by atoms with Gasteiger partial charge in [-0.15, -0.1) is 11.3 Å². The van der Waals surface area contributed by atoms with Gasteiger partial charge in [-0.2, -0.15) is 0 Å². The Morgan fingerprint density at radius 2 is 1.59 bits per heavy atom. The molecule has 0 unspecified atom stereocenters. The Kier molecular flexibility index (Phi) is 15.9. The number of halogens is 2. The van der Waals surface area contributed by atoms with Crippen LogP contribution in [0.3, 0.4) is 0 Å². The zero-order valence-electron chi connectivity index (χ0n) is 39.9. The van der Waals surface area contributed by atoms with Crippen LogP contribution in [0.2, 0.25) is 5.02 Å². The highest BCUT2D eigenvalue weighted by Crippen LogP contribution is 2.49. The van der Waals surface area contributed by atoms with Crippen molar-refractivity contribution in [1.82, 2.24) is 29.7 Å². The highest BCUT2D eigenvalue weighted by Gasteiger charge is 2.31. The third kappa shape index (κ3) is 11.8. The molecule has 70 heavy (non-hydrogen) atoms. The van der Waals surface area contributed by atoms with E-state index in [0.717, 1.165) is 59.9 Å². The number of thiophene rings is 1. The number of likely N-dealkylation sites (N-methyl/N-ethyl adjacent to an activating group) is 1. The maximum absolute atomic E-state index is 14.4. The standard InChI is InChI=1S/C53H54ClFN6O8S/c1-33-38(19-20-42(46(33)54)65-28-27-61-25-23-60(5)24-26-61)44-45-49(57-31-58-50(45)70-47(44)34-15-17-36(55)18-16-34)69-43(51(62)67-32-68-52(63)53(2,3)4)29-35-11-7-9-13-40(35)66-30-37-21-22-56-48(59-37)39-12-8-10-14-41(39)64-6/h7-22,31,43H,23-30,32H2,1-6H3/t43-/m1/s1.